The lowest BCUT2D eigenvalue weighted by Crippen LogP contribution is -2.12. The molecule has 0 radical (unpaired) electrons. The lowest BCUT2D eigenvalue weighted by molar-refractivity contribution is 0.167. The van der Waals surface area contributed by atoms with Crippen molar-refractivity contribution in [1.82, 2.24) is 9.38 Å². The Balaban J connectivity index is 1.68. The number of halogens is 1. The molecule has 0 spiro atoms. The topological polar surface area (TPSA) is 35.8 Å². The summed E-state index contributed by atoms with van der Waals surface area (Å²) in [6.07, 6.45) is 4.78. The fourth-order valence-electron chi connectivity index (χ4n) is 2.86. The SMILES string of the molecule is Clc1ccc2cnc(-c3ccccc3OC[C@H]3CCOC3)n2c1. The van der Waals surface area contributed by atoms with Crippen LogP contribution in [0.1, 0.15) is 6.42 Å². The molecule has 1 fully saturated rings. The maximum Gasteiger partial charge on any atom is 0.148 e. The van der Waals surface area contributed by atoms with E-state index in [4.69, 9.17) is 21.1 Å². The highest BCUT2D eigenvalue weighted by molar-refractivity contribution is 6.30. The van der Waals surface area contributed by atoms with E-state index in [0.29, 0.717) is 17.5 Å². The van der Waals surface area contributed by atoms with Crippen LogP contribution in [-0.4, -0.2) is 29.2 Å². The molecule has 23 heavy (non-hydrogen) atoms. The molecule has 4 rings (SSSR count). The molecule has 1 aromatic carbocycles. The van der Waals surface area contributed by atoms with Gasteiger partial charge in [-0.05, 0) is 30.7 Å². The van der Waals surface area contributed by atoms with Gasteiger partial charge >= 0.3 is 0 Å². The van der Waals surface area contributed by atoms with Gasteiger partial charge in [0.25, 0.3) is 0 Å². The lowest BCUT2D eigenvalue weighted by Gasteiger charge is -2.13. The summed E-state index contributed by atoms with van der Waals surface area (Å²) in [5.74, 6) is 2.14. The Morgan fingerprint density at radius 2 is 2.17 bits per heavy atom. The number of hydrogen-bond acceptors (Lipinski definition) is 3. The lowest BCUT2D eigenvalue weighted by atomic mass is 10.1. The fourth-order valence-corrected chi connectivity index (χ4v) is 3.02. The summed E-state index contributed by atoms with van der Waals surface area (Å²) in [4.78, 5) is 4.55. The van der Waals surface area contributed by atoms with Crippen molar-refractivity contribution in [2.45, 2.75) is 6.42 Å². The second kappa shape index (κ2) is 6.22. The third-order valence-corrected chi connectivity index (χ3v) is 4.34. The normalized spacial score (nSPS) is 17.7. The van der Waals surface area contributed by atoms with Crippen LogP contribution in [0.2, 0.25) is 5.02 Å². The minimum Gasteiger partial charge on any atom is -0.492 e. The molecule has 0 aliphatic carbocycles. The maximum atomic E-state index is 6.13. The highest BCUT2D eigenvalue weighted by Crippen LogP contribution is 2.30. The fraction of sp³-hybridized carbons (Fsp3) is 0.278. The van der Waals surface area contributed by atoms with Crippen molar-refractivity contribution < 1.29 is 9.47 Å². The van der Waals surface area contributed by atoms with E-state index < -0.39 is 0 Å². The van der Waals surface area contributed by atoms with E-state index in [1.54, 1.807) is 0 Å². The van der Waals surface area contributed by atoms with Gasteiger partial charge in [0.1, 0.15) is 11.6 Å². The number of hydrogen-bond donors (Lipinski definition) is 0. The molecule has 0 unspecified atom stereocenters. The molecular weight excluding hydrogens is 312 g/mol. The van der Waals surface area contributed by atoms with Crippen LogP contribution in [-0.2, 0) is 4.74 Å². The summed E-state index contributed by atoms with van der Waals surface area (Å²) in [6, 6.07) is 11.8. The second-order valence-corrected chi connectivity index (χ2v) is 6.20. The first-order valence-electron chi connectivity index (χ1n) is 7.74. The summed E-state index contributed by atoms with van der Waals surface area (Å²) >= 11 is 6.13. The molecule has 0 saturated carbocycles. The van der Waals surface area contributed by atoms with Gasteiger partial charge in [-0.1, -0.05) is 23.7 Å². The average Bonchev–Trinajstić information content (AvgIpc) is 3.22. The van der Waals surface area contributed by atoms with E-state index in [2.05, 4.69) is 4.98 Å². The van der Waals surface area contributed by atoms with E-state index in [0.717, 1.165) is 42.3 Å². The molecule has 3 aromatic rings. The quantitative estimate of drug-likeness (QED) is 0.724. The Morgan fingerprint density at radius 1 is 1.26 bits per heavy atom. The summed E-state index contributed by atoms with van der Waals surface area (Å²) in [7, 11) is 0. The molecule has 1 atom stereocenters. The minimum atomic E-state index is 0.467. The Labute approximate surface area is 139 Å². The first-order valence-corrected chi connectivity index (χ1v) is 8.11. The van der Waals surface area contributed by atoms with Gasteiger partial charge in [-0.2, -0.15) is 0 Å². The van der Waals surface area contributed by atoms with E-state index in [-0.39, 0.29) is 0 Å². The Hall–Kier alpha value is -2.04. The first-order chi connectivity index (χ1) is 11.3. The van der Waals surface area contributed by atoms with Crippen LogP contribution >= 0.6 is 11.6 Å². The standard InChI is InChI=1S/C18H17ClN2O2/c19-14-5-6-15-9-20-18(21(15)10-14)16-3-1-2-4-17(16)23-12-13-7-8-22-11-13/h1-6,9-10,13H,7-8,11-12H2/t13-/m0/s1. The summed E-state index contributed by atoms with van der Waals surface area (Å²) in [6.45, 7) is 2.28. The summed E-state index contributed by atoms with van der Waals surface area (Å²) in [5, 5.41) is 0.679. The van der Waals surface area contributed by atoms with Crippen molar-refractivity contribution in [3.8, 4) is 17.1 Å². The largest absolute Gasteiger partial charge is 0.492 e. The van der Waals surface area contributed by atoms with Gasteiger partial charge in [-0.15, -0.1) is 0 Å². The zero-order valence-corrected chi connectivity index (χ0v) is 13.4. The number of benzene rings is 1. The minimum absolute atomic E-state index is 0.467. The van der Waals surface area contributed by atoms with Crippen molar-refractivity contribution >= 4 is 17.1 Å². The number of imidazole rings is 1. The van der Waals surface area contributed by atoms with E-state index in [1.807, 2.05) is 53.2 Å². The molecule has 1 saturated heterocycles. The van der Waals surface area contributed by atoms with Crippen LogP contribution in [0, 0.1) is 5.92 Å². The van der Waals surface area contributed by atoms with Crippen LogP contribution in [0.5, 0.6) is 5.75 Å². The van der Waals surface area contributed by atoms with Crippen molar-refractivity contribution in [2.75, 3.05) is 19.8 Å². The van der Waals surface area contributed by atoms with Gasteiger partial charge < -0.3 is 9.47 Å². The number of para-hydroxylation sites is 1. The highest BCUT2D eigenvalue weighted by Gasteiger charge is 2.18. The first kappa shape index (κ1) is 14.5. The Morgan fingerprint density at radius 3 is 3.04 bits per heavy atom. The van der Waals surface area contributed by atoms with Crippen molar-refractivity contribution in [2.24, 2.45) is 5.92 Å². The molecule has 3 heterocycles. The summed E-state index contributed by atoms with van der Waals surface area (Å²) in [5.41, 5.74) is 1.97. The molecule has 5 heteroatoms. The Bertz CT molecular complexity index is 825. The number of rotatable bonds is 4. The van der Waals surface area contributed by atoms with Gasteiger partial charge in [0.05, 0.1) is 35.5 Å². The predicted octanol–water partition coefficient (Wildman–Crippen LogP) is 4.07. The highest BCUT2D eigenvalue weighted by atomic mass is 35.5. The monoisotopic (exact) mass is 328 g/mol. The van der Waals surface area contributed by atoms with Crippen molar-refractivity contribution in [3.63, 3.8) is 0 Å². The van der Waals surface area contributed by atoms with E-state index in [1.165, 1.54) is 0 Å². The van der Waals surface area contributed by atoms with Crippen LogP contribution < -0.4 is 4.74 Å². The molecule has 0 bridgehead atoms. The molecule has 118 valence electrons. The molecule has 2 aromatic heterocycles. The number of nitrogens with zero attached hydrogens (tertiary/aromatic N) is 2. The average molecular weight is 329 g/mol. The van der Waals surface area contributed by atoms with Crippen LogP contribution in [0.25, 0.3) is 16.9 Å². The number of pyridine rings is 1. The third kappa shape index (κ3) is 2.92. The zero-order valence-electron chi connectivity index (χ0n) is 12.6. The number of aromatic nitrogens is 2. The van der Waals surface area contributed by atoms with E-state index >= 15 is 0 Å². The molecule has 0 amide bonds. The smallest absolute Gasteiger partial charge is 0.148 e. The van der Waals surface area contributed by atoms with Gasteiger partial charge in [-0.3, -0.25) is 4.40 Å². The van der Waals surface area contributed by atoms with E-state index in [9.17, 15) is 0 Å². The Kier molecular flexibility index (Phi) is 3.93. The third-order valence-electron chi connectivity index (χ3n) is 4.12. The van der Waals surface area contributed by atoms with Crippen LogP contribution in [0.15, 0.2) is 48.8 Å². The van der Waals surface area contributed by atoms with Gasteiger partial charge in [0, 0.05) is 18.7 Å². The van der Waals surface area contributed by atoms with Gasteiger partial charge in [0.2, 0.25) is 0 Å². The zero-order chi connectivity index (χ0) is 15.6. The second-order valence-electron chi connectivity index (χ2n) is 5.76. The number of ether oxygens (including phenoxy) is 2. The van der Waals surface area contributed by atoms with Crippen molar-refractivity contribution in [3.05, 3.63) is 53.8 Å². The van der Waals surface area contributed by atoms with Crippen LogP contribution in [0.3, 0.4) is 0 Å². The maximum absolute atomic E-state index is 6.13. The molecule has 1 aliphatic rings. The molecule has 0 N–H and O–H groups in total. The molecule has 1 aliphatic heterocycles. The van der Waals surface area contributed by atoms with Crippen LogP contribution in [0.4, 0.5) is 0 Å². The number of fused-ring (bicyclic) bond motifs is 1. The molecule has 4 nitrogen and oxygen atoms in total. The summed E-state index contributed by atoms with van der Waals surface area (Å²) < 4.78 is 13.5. The van der Waals surface area contributed by atoms with Crippen molar-refractivity contribution in [1.29, 1.82) is 0 Å². The molecular formula is C18H17ClN2O2. The van der Waals surface area contributed by atoms with Gasteiger partial charge in [-0.25, -0.2) is 4.98 Å². The van der Waals surface area contributed by atoms with Gasteiger partial charge in [0.15, 0.2) is 0 Å². The predicted molar refractivity (Wildman–Crippen MR) is 90.1 cm³/mol.